The van der Waals surface area contributed by atoms with Gasteiger partial charge in [0.15, 0.2) is 0 Å². The van der Waals surface area contributed by atoms with E-state index in [9.17, 15) is 22.6 Å². The number of ether oxygens (including phenoxy) is 2. The highest BCUT2D eigenvalue weighted by molar-refractivity contribution is 7.86. The quantitative estimate of drug-likeness (QED) is 0.146. The zero-order valence-corrected chi connectivity index (χ0v) is 23.8. The molecule has 3 N–H and O–H groups in total. The molecule has 1 amide bonds. The van der Waals surface area contributed by atoms with Crippen LogP contribution in [0.3, 0.4) is 0 Å². The lowest BCUT2D eigenvalue weighted by Crippen LogP contribution is -2.87. The molecule has 0 radical (unpaired) electrons. The van der Waals surface area contributed by atoms with Gasteiger partial charge in [-0.3, -0.25) is 4.55 Å². The van der Waals surface area contributed by atoms with E-state index in [1.807, 2.05) is 0 Å². The number of fused-ring (bicyclic) bond motifs is 2. The highest BCUT2D eigenvalue weighted by Crippen LogP contribution is 2.42. The predicted molar refractivity (Wildman–Crippen MR) is 147 cm³/mol. The van der Waals surface area contributed by atoms with Gasteiger partial charge < -0.3 is 13.9 Å². The molecule has 0 fully saturated rings. The van der Waals surface area contributed by atoms with E-state index in [0.29, 0.717) is 27.6 Å². The van der Waals surface area contributed by atoms with Crippen molar-refractivity contribution in [1.82, 2.24) is 5.43 Å². The summed E-state index contributed by atoms with van der Waals surface area (Å²) < 4.78 is 51.5. The van der Waals surface area contributed by atoms with Gasteiger partial charge in [0.05, 0.1) is 11.6 Å². The predicted octanol–water partition coefficient (Wildman–Crippen LogP) is 3.83. The lowest BCUT2D eigenvalue weighted by Gasteiger charge is -2.20. The van der Waals surface area contributed by atoms with Gasteiger partial charge in [0.1, 0.15) is 27.4 Å². The molecule has 0 atom stereocenters. The van der Waals surface area contributed by atoms with Crippen molar-refractivity contribution >= 4 is 33.1 Å². The van der Waals surface area contributed by atoms with E-state index in [2.05, 4.69) is 10.5 Å². The van der Waals surface area contributed by atoms with Crippen LogP contribution in [0.5, 0.6) is 0 Å². The molecule has 0 aromatic heterocycles. The number of esters is 1. The summed E-state index contributed by atoms with van der Waals surface area (Å²) in [6.07, 6.45) is -0.687. The first-order chi connectivity index (χ1) is 18.5. The van der Waals surface area contributed by atoms with Crippen molar-refractivity contribution in [2.45, 2.75) is 57.6 Å². The van der Waals surface area contributed by atoms with Crippen LogP contribution in [0.4, 0.5) is 4.79 Å². The van der Waals surface area contributed by atoms with Crippen LogP contribution in [0, 0.1) is 0 Å². The number of carbonyl (C=O) groups excluding carboxylic acids is 2. The molecule has 11 heteroatoms. The second-order valence-electron chi connectivity index (χ2n) is 11.1. The second-order valence-corrected chi connectivity index (χ2v) is 12.5. The number of rotatable bonds is 4. The topological polar surface area (TPSA) is 146 Å². The average molecular weight is 568 g/mol. The Hall–Kier alpha value is -4.22. The highest BCUT2D eigenvalue weighted by Gasteiger charge is 2.25. The summed E-state index contributed by atoms with van der Waals surface area (Å²) in [6.45, 7) is 10.5. The number of nitrogens with one attached hydrogen (secondary N) is 2. The first-order valence-corrected chi connectivity index (χ1v) is 13.8. The molecule has 10 nitrogen and oxygen atoms in total. The Balaban J connectivity index is 1.96. The summed E-state index contributed by atoms with van der Waals surface area (Å²) in [4.78, 5) is 24.6. The molecule has 1 heterocycles. The Morgan fingerprint density at radius 2 is 1.55 bits per heavy atom. The van der Waals surface area contributed by atoms with Gasteiger partial charge in [0, 0.05) is 28.1 Å². The van der Waals surface area contributed by atoms with Crippen LogP contribution in [0.25, 0.3) is 33.4 Å². The number of hydrazine groups is 1. The Morgan fingerprint density at radius 1 is 0.875 bits per heavy atom. The van der Waals surface area contributed by atoms with Gasteiger partial charge in [-0.1, -0.05) is 23.6 Å². The smallest absolute Gasteiger partial charge is 0.456 e. The van der Waals surface area contributed by atoms with E-state index >= 15 is 0 Å². The Kier molecular flexibility index (Phi) is 7.48. The number of carbonyl (C=O) groups is 2. The molecular weight excluding hydrogens is 536 g/mol. The third-order valence-corrected chi connectivity index (χ3v) is 6.41. The maximum Gasteiger partial charge on any atom is 0.461 e. The van der Waals surface area contributed by atoms with E-state index in [-0.39, 0.29) is 21.6 Å². The van der Waals surface area contributed by atoms with Crippen molar-refractivity contribution in [3.05, 3.63) is 71.6 Å². The van der Waals surface area contributed by atoms with Crippen molar-refractivity contribution in [2.24, 2.45) is 0 Å². The molecule has 40 heavy (non-hydrogen) atoms. The summed E-state index contributed by atoms with van der Waals surface area (Å²) >= 11 is 0. The molecule has 210 valence electrons. The normalized spacial score (nSPS) is 12.9. The van der Waals surface area contributed by atoms with Gasteiger partial charge in [-0.25, -0.2) is 9.59 Å². The van der Waals surface area contributed by atoms with Crippen molar-refractivity contribution in [2.75, 3.05) is 0 Å². The lowest BCUT2D eigenvalue weighted by molar-refractivity contribution is -0.552. The number of benzene rings is 3. The molecule has 1 aliphatic carbocycles. The molecule has 0 bridgehead atoms. The zero-order valence-electron chi connectivity index (χ0n) is 23.0. The maximum absolute atomic E-state index is 12.8. The van der Waals surface area contributed by atoms with Crippen molar-refractivity contribution in [3.63, 3.8) is 0 Å². The zero-order chi connectivity index (χ0) is 29.5. The Morgan fingerprint density at radius 3 is 2.20 bits per heavy atom. The van der Waals surface area contributed by atoms with Gasteiger partial charge in [0.2, 0.25) is 5.36 Å². The third-order valence-electron chi connectivity index (χ3n) is 5.50. The van der Waals surface area contributed by atoms with Crippen LogP contribution in [-0.4, -0.2) is 36.2 Å². The van der Waals surface area contributed by atoms with Crippen molar-refractivity contribution in [1.29, 1.82) is 0 Å². The summed E-state index contributed by atoms with van der Waals surface area (Å²) in [5.41, 5.74) is 2.79. The third kappa shape index (κ3) is 6.67. The second kappa shape index (κ2) is 10.4. The van der Waals surface area contributed by atoms with Crippen LogP contribution < -0.4 is 15.9 Å². The average Bonchev–Trinajstić information content (AvgIpc) is 2.83. The van der Waals surface area contributed by atoms with Crippen molar-refractivity contribution < 1.29 is 41.6 Å². The van der Waals surface area contributed by atoms with E-state index in [1.54, 1.807) is 84.0 Å². The summed E-state index contributed by atoms with van der Waals surface area (Å²) in [5, 5.41) is 3.71. The first kappa shape index (κ1) is 28.8. The van der Waals surface area contributed by atoms with Gasteiger partial charge in [0.25, 0.3) is 10.1 Å². The van der Waals surface area contributed by atoms with E-state index < -0.39 is 33.4 Å². The van der Waals surface area contributed by atoms with Gasteiger partial charge in [-0.05, 0) is 71.9 Å². The molecule has 0 saturated heterocycles. The molecule has 4 rings (SSSR count). The Labute approximate surface area is 231 Å². The SMILES string of the molecule is CC(C)(C)OC(=O)N[NH+]=c1ccc2c(-c3ccccc3S(=O)(=O)O)c3ccc(C(=O)OC(C)(C)C)cc3oc-2c1. The number of amides is 1. The van der Waals surface area contributed by atoms with E-state index in [4.69, 9.17) is 13.9 Å². The fraction of sp³-hybridized carbons (Fsp3) is 0.276. The van der Waals surface area contributed by atoms with E-state index in [0.717, 1.165) is 0 Å². The van der Waals surface area contributed by atoms with Crippen molar-refractivity contribution in [3.8, 4) is 22.5 Å². The minimum Gasteiger partial charge on any atom is -0.456 e. The molecule has 0 spiro atoms. The molecule has 2 aromatic rings. The molecular formula is C29H31N2O8S+. The molecule has 2 aromatic carbocycles. The van der Waals surface area contributed by atoms with Crippen LogP contribution in [0.1, 0.15) is 51.9 Å². The van der Waals surface area contributed by atoms with Gasteiger partial charge >= 0.3 is 12.1 Å². The fourth-order valence-electron chi connectivity index (χ4n) is 4.05. The minimum absolute atomic E-state index is 0.236. The summed E-state index contributed by atoms with van der Waals surface area (Å²) in [6, 6.07) is 15.7. The minimum atomic E-state index is -4.58. The first-order valence-electron chi connectivity index (χ1n) is 12.4. The number of hydrogen-bond donors (Lipinski definition) is 3. The van der Waals surface area contributed by atoms with E-state index in [1.165, 1.54) is 18.2 Å². The molecule has 2 aliphatic rings. The molecule has 1 aliphatic heterocycles. The Bertz CT molecular complexity index is 1760. The summed E-state index contributed by atoms with van der Waals surface area (Å²) in [5.74, 6) is -0.244. The fourth-order valence-corrected chi connectivity index (χ4v) is 4.75. The largest absolute Gasteiger partial charge is 0.461 e. The van der Waals surface area contributed by atoms with Crippen LogP contribution in [-0.2, 0) is 19.6 Å². The highest BCUT2D eigenvalue weighted by atomic mass is 32.2. The van der Waals surface area contributed by atoms with Crippen LogP contribution in [0.2, 0.25) is 0 Å². The van der Waals surface area contributed by atoms with Crippen LogP contribution >= 0.6 is 0 Å². The monoisotopic (exact) mass is 567 g/mol. The van der Waals surface area contributed by atoms with Gasteiger partial charge in [-0.15, -0.1) is 5.10 Å². The molecule has 0 saturated carbocycles. The molecule has 0 unspecified atom stereocenters. The maximum atomic E-state index is 12.8. The standard InChI is InChI=1S/C29H30N2O8S/c1-28(2,3)38-26(32)17-11-13-19-22(15-17)37-23-16-18(30-31-27(33)39-29(4,5)6)12-14-20(23)25(19)21-9-7-8-10-24(21)40(34,35)36/h7-16H,1-6H3,(H,31,33)(H,34,35,36)/p+1. The van der Waals surface area contributed by atoms with Crippen LogP contribution in [0.15, 0.2) is 70.0 Å². The number of hydrogen-bond acceptors (Lipinski definition) is 7. The summed E-state index contributed by atoms with van der Waals surface area (Å²) in [7, 11) is -4.58. The lowest BCUT2D eigenvalue weighted by atomic mass is 9.93. The van der Waals surface area contributed by atoms with Gasteiger partial charge in [-0.2, -0.15) is 8.42 Å².